The van der Waals surface area contributed by atoms with Gasteiger partial charge in [-0.05, 0) is 54.8 Å². The van der Waals surface area contributed by atoms with Crippen LogP contribution in [0.3, 0.4) is 0 Å². The number of phenols is 2. The molecule has 0 spiro atoms. The Kier molecular flexibility index (Phi) is 6.26. The fraction of sp³-hybridized carbons (Fsp3) is 0.333. The first-order chi connectivity index (χ1) is 11.1. The second-order valence-corrected chi connectivity index (χ2v) is 5.42. The lowest BCUT2D eigenvalue weighted by molar-refractivity contribution is 0.174. The number of aliphatic hydroxyl groups is 1. The molecule has 124 valence electrons. The van der Waals surface area contributed by atoms with E-state index in [-0.39, 0.29) is 11.5 Å². The number of aliphatic hydroxyl groups excluding tert-OH is 1. The topological polar surface area (TPSA) is 82.0 Å². The summed E-state index contributed by atoms with van der Waals surface area (Å²) in [6, 6.07) is 12.3. The van der Waals surface area contributed by atoms with Crippen molar-refractivity contribution in [3.8, 4) is 17.2 Å². The van der Waals surface area contributed by atoms with E-state index in [1.807, 2.05) is 24.3 Å². The first kappa shape index (κ1) is 17.1. The Morgan fingerprint density at radius 2 is 1.78 bits per heavy atom. The highest BCUT2D eigenvalue weighted by Crippen LogP contribution is 2.27. The summed E-state index contributed by atoms with van der Waals surface area (Å²) in [5.74, 6) is 0.446. The van der Waals surface area contributed by atoms with Gasteiger partial charge in [-0.3, -0.25) is 0 Å². The molecule has 0 fully saturated rings. The van der Waals surface area contributed by atoms with Crippen LogP contribution in [0, 0.1) is 0 Å². The minimum Gasteiger partial charge on any atom is -0.504 e. The van der Waals surface area contributed by atoms with Gasteiger partial charge in [-0.2, -0.15) is 0 Å². The van der Waals surface area contributed by atoms with Crippen LogP contribution in [0.15, 0.2) is 42.5 Å². The molecular formula is C18H23NO4. The maximum atomic E-state index is 10.0. The maximum absolute atomic E-state index is 10.0. The third-order valence-electron chi connectivity index (χ3n) is 3.70. The SMILES string of the molecule is COc1ccc(CCCNC[C@H](O)c2ccc(O)c(O)c2)cc1. The lowest BCUT2D eigenvalue weighted by Gasteiger charge is -2.13. The number of methoxy groups -OCH3 is 1. The van der Waals surface area contributed by atoms with Crippen molar-refractivity contribution in [3.63, 3.8) is 0 Å². The fourth-order valence-electron chi connectivity index (χ4n) is 2.31. The van der Waals surface area contributed by atoms with Crippen LogP contribution in [0.5, 0.6) is 17.2 Å². The molecule has 1 atom stereocenters. The highest BCUT2D eigenvalue weighted by Gasteiger charge is 2.09. The van der Waals surface area contributed by atoms with Gasteiger partial charge in [0.15, 0.2) is 11.5 Å². The number of rotatable bonds is 8. The van der Waals surface area contributed by atoms with Crippen molar-refractivity contribution in [3.05, 3.63) is 53.6 Å². The molecular weight excluding hydrogens is 294 g/mol. The molecule has 0 saturated carbocycles. The van der Waals surface area contributed by atoms with Crippen LogP contribution in [0.25, 0.3) is 0 Å². The number of hydrogen-bond donors (Lipinski definition) is 4. The molecule has 0 amide bonds. The van der Waals surface area contributed by atoms with Crippen molar-refractivity contribution in [2.75, 3.05) is 20.2 Å². The standard InChI is InChI=1S/C18H23NO4/c1-23-15-7-4-13(5-8-15)3-2-10-19-12-18(22)14-6-9-16(20)17(21)11-14/h4-9,11,18-22H,2-3,10,12H2,1H3/t18-/m0/s1. The highest BCUT2D eigenvalue weighted by molar-refractivity contribution is 5.41. The van der Waals surface area contributed by atoms with Gasteiger partial charge < -0.3 is 25.4 Å². The normalized spacial score (nSPS) is 12.1. The lowest BCUT2D eigenvalue weighted by atomic mass is 10.1. The van der Waals surface area contributed by atoms with Crippen LogP contribution >= 0.6 is 0 Å². The van der Waals surface area contributed by atoms with Crippen molar-refractivity contribution >= 4 is 0 Å². The number of phenolic OH excluding ortho intramolecular Hbond substituents is 2. The van der Waals surface area contributed by atoms with E-state index in [4.69, 9.17) is 4.74 Å². The molecule has 5 heteroatoms. The number of nitrogens with one attached hydrogen (secondary N) is 1. The van der Waals surface area contributed by atoms with E-state index in [0.29, 0.717) is 12.1 Å². The Balaban J connectivity index is 1.69. The average Bonchev–Trinajstić information content (AvgIpc) is 2.57. The van der Waals surface area contributed by atoms with Gasteiger partial charge in [-0.25, -0.2) is 0 Å². The fourth-order valence-corrected chi connectivity index (χ4v) is 2.31. The second-order valence-electron chi connectivity index (χ2n) is 5.42. The zero-order valence-corrected chi connectivity index (χ0v) is 13.2. The van der Waals surface area contributed by atoms with Gasteiger partial charge in [-0.1, -0.05) is 18.2 Å². The quantitative estimate of drug-likeness (QED) is 0.444. The van der Waals surface area contributed by atoms with Gasteiger partial charge in [-0.15, -0.1) is 0 Å². The largest absolute Gasteiger partial charge is 0.504 e. The van der Waals surface area contributed by atoms with Crippen LogP contribution in [0.2, 0.25) is 0 Å². The lowest BCUT2D eigenvalue weighted by Crippen LogP contribution is -2.22. The smallest absolute Gasteiger partial charge is 0.157 e. The minimum atomic E-state index is -0.720. The summed E-state index contributed by atoms with van der Waals surface area (Å²) < 4.78 is 5.12. The predicted octanol–water partition coefficient (Wildman–Crippen LogP) is 2.36. The first-order valence-corrected chi connectivity index (χ1v) is 7.63. The molecule has 0 radical (unpaired) electrons. The number of benzene rings is 2. The van der Waals surface area contributed by atoms with Gasteiger partial charge in [0.2, 0.25) is 0 Å². The summed E-state index contributed by atoms with van der Waals surface area (Å²) in [6.07, 6.45) is 1.19. The molecule has 23 heavy (non-hydrogen) atoms. The van der Waals surface area contributed by atoms with Gasteiger partial charge in [0.05, 0.1) is 13.2 Å². The molecule has 0 aliphatic heterocycles. The van der Waals surface area contributed by atoms with E-state index >= 15 is 0 Å². The summed E-state index contributed by atoms with van der Waals surface area (Å²) in [4.78, 5) is 0. The van der Waals surface area contributed by atoms with Crippen molar-refractivity contribution in [1.82, 2.24) is 5.32 Å². The summed E-state index contributed by atoms with van der Waals surface area (Å²) in [7, 11) is 1.65. The Morgan fingerprint density at radius 3 is 2.43 bits per heavy atom. The van der Waals surface area contributed by atoms with Crippen molar-refractivity contribution in [2.24, 2.45) is 0 Å². The first-order valence-electron chi connectivity index (χ1n) is 7.63. The second kappa shape index (κ2) is 8.41. The van der Waals surface area contributed by atoms with Gasteiger partial charge in [0.1, 0.15) is 5.75 Å². The van der Waals surface area contributed by atoms with Crippen LogP contribution in [-0.2, 0) is 6.42 Å². The van der Waals surface area contributed by atoms with E-state index in [9.17, 15) is 15.3 Å². The van der Waals surface area contributed by atoms with E-state index in [1.165, 1.54) is 17.7 Å². The van der Waals surface area contributed by atoms with Crippen LogP contribution in [0.1, 0.15) is 23.7 Å². The molecule has 2 aromatic rings. The minimum absolute atomic E-state index is 0.187. The Morgan fingerprint density at radius 1 is 1.04 bits per heavy atom. The summed E-state index contributed by atoms with van der Waals surface area (Å²) in [5, 5.41) is 31.9. The molecule has 0 aromatic heterocycles. The molecule has 0 aliphatic rings. The van der Waals surface area contributed by atoms with Crippen molar-refractivity contribution in [1.29, 1.82) is 0 Å². The van der Waals surface area contributed by atoms with E-state index < -0.39 is 6.10 Å². The zero-order chi connectivity index (χ0) is 16.7. The Bertz CT molecular complexity index is 613. The molecule has 4 N–H and O–H groups in total. The average molecular weight is 317 g/mol. The Hall–Kier alpha value is -2.24. The molecule has 0 heterocycles. The number of aromatic hydroxyl groups is 2. The summed E-state index contributed by atoms with van der Waals surface area (Å²) in [5.41, 5.74) is 1.82. The zero-order valence-electron chi connectivity index (χ0n) is 13.2. The maximum Gasteiger partial charge on any atom is 0.157 e. The third kappa shape index (κ3) is 5.16. The van der Waals surface area contributed by atoms with Crippen molar-refractivity contribution in [2.45, 2.75) is 18.9 Å². The highest BCUT2D eigenvalue weighted by atomic mass is 16.5. The molecule has 2 rings (SSSR count). The van der Waals surface area contributed by atoms with E-state index in [1.54, 1.807) is 13.2 Å². The number of aryl methyl sites for hydroxylation is 1. The predicted molar refractivity (Wildman–Crippen MR) is 88.9 cm³/mol. The van der Waals surface area contributed by atoms with Crippen molar-refractivity contribution < 1.29 is 20.1 Å². The number of hydrogen-bond acceptors (Lipinski definition) is 5. The number of ether oxygens (including phenoxy) is 1. The monoisotopic (exact) mass is 317 g/mol. The molecule has 0 saturated heterocycles. The molecule has 0 unspecified atom stereocenters. The molecule has 5 nitrogen and oxygen atoms in total. The van der Waals surface area contributed by atoms with Gasteiger partial charge in [0, 0.05) is 6.54 Å². The molecule has 2 aromatic carbocycles. The summed E-state index contributed by atoms with van der Waals surface area (Å²) in [6.45, 7) is 1.18. The van der Waals surface area contributed by atoms with E-state index in [2.05, 4.69) is 5.32 Å². The molecule has 0 aliphatic carbocycles. The third-order valence-corrected chi connectivity index (χ3v) is 3.70. The van der Waals surface area contributed by atoms with Crippen LogP contribution in [-0.4, -0.2) is 35.5 Å². The van der Waals surface area contributed by atoms with E-state index in [0.717, 1.165) is 25.1 Å². The van der Waals surface area contributed by atoms with Gasteiger partial charge >= 0.3 is 0 Å². The summed E-state index contributed by atoms with van der Waals surface area (Å²) >= 11 is 0. The Labute approximate surface area is 136 Å². The van der Waals surface area contributed by atoms with Crippen LogP contribution in [0.4, 0.5) is 0 Å². The van der Waals surface area contributed by atoms with Gasteiger partial charge in [0.25, 0.3) is 0 Å². The van der Waals surface area contributed by atoms with Crippen LogP contribution < -0.4 is 10.1 Å². The molecule has 0 bridgehead atoms.